The van der Waals surface area contributed by atoms with Crippen LogP contribution in [-0.2, 0) is 28.9 Å². The Morgan fingerprint density at radius 2 is 1.12 bits per heavy atom. The number of carbonyl (C=O) groups is 4. The molecule has 10 heteroatoms. The molecular formula is C14H22N4O6. The summed E-state index contributed by atoms with van der Waals surface area (Å²) in [5.74, 6) is -2.95. The molecule has 0 aliphatic rings. The van der Waals surface area contributed by atoms with Gasteiger partial charge in [-0.3, -0.25) is 9.59 Å². The van der Waals surface area contributed by atoms with E-state index in [0.29, 0.717) is 0 Å². The van der Waals surface area contributed by atoms with Crippen molar-refractivity contribution in [2.24, 2.45) is 11.5 Å². The lowest BCUT2D eigenvalue weighted by molar-refractivity contribution is -0.199. The molecule has 0 saturated heterocycles. The third kappa shape index (κ3) is 8.06. The molecule has 0 atom stereocenters. The summed E-state index contributed by atoms with van der Waals surface area (Å²) >= 11 is 0. The molecule has 0 aliphatic heterocycles. The molecule has 24 heavy (non-hydrogen) atoms. The first-order valence-corrected chi connectivity index (χ1v) is 7.09. The second-order valence-electron chi connectivity index (χ2n) is 4.29. The summed E-state index contributed by atoms with van der Waals surface area (Å²) in [6.07, 6.45) is 1.21. The van der Waals surface area contributed by atoms with E-state index < -0.39 is 23.8 Å². The summed E-state index contributed by atoms with van der Waals surface area (Å²) in [4.78, 5) is 55.7. The third-order valence-electron chi connectivity index (χ3n) is 2.46. The van der Waals surface area contributed by atoms with Crippen molar-refractivity contribution in [3.8, 4) is 0 Å². The molecule has 0 saturated carbocycles. The van der Waals surface area contributed by atoms with E-state index in [0.717, 1.165) is 22.3 Å². The Kier molecular flexibility index (Phi) is 10.5. The number of nitrogens with zero attached hydrogens (tertiary/aromatic N) is 2. The molecule has 4 N–H and O–H groups in total. The van der Waals surface area contributed by atoms with Crippen molar-refractivity contribution in [2.75, 3.05) is 26.2 Å². The van der Waals surface area contributed by atoms with Crippen LogP contribution in [0.2, 0.25) is 0 Å². The molecule has 0 fully saturated rings. The zero-order valence-corrected chi connectivity index (χ0v) is 13.3. The first-order chi connectivity index (χ1) is 11.4. The molecule has 0 aromatic rings. The molecule has 0 unspecified atom stereocenters. The highest BCUT2D eigenvalue weighted by atomic mass is 16.7. The minimum Gasteiger partial charge on any atom is -0.338 e. The molecule has 2 amide bonds. The highest BCUT2D eigenvalue weighted by molar-refractivity contribution is 5.88. The molecule has 10 nitrogen and oxygen atoms in total. The van der Waals surface area contributed by atoms with Gasteiger partial charge in [0.25, 0.3) is 11.8 Å². The van der Waals surface area contributed by atoms with Crippen molar-refractivity contribution in [3.05, 3.63) is 25.3 Å². The van der Waals surface area contributed by atoms with Crippen LogP contribution in [0, 0.1) is 0 Å². The van der Waals surface area contributed by atoms with Crippen molar-refractivity contribution in [1.82, 2.24) is 10.1 Å². The van der Waals surface area contributed by atoms with E-state index in [4.69, 9.17) is 21.1 Å². The third-order valence-corrected chi connectivity index (χ3v) is 2.46. The number of hydrogen-bond donors (Lipinski definition) is 2. The summed E-state index contributed by atoms with van der Waals surface area (Å²) in [5, 5.41) is 1.48. The van der Waals surface area contributed by atoms with Crippen LogP contribution >= 0.6 is 0 Å². The van der Waals surface area contributed by atoms with Gasteiger partial charge in [0.1, 0.15) is 0 Å². The monoisotopic (exact) mass is 342 g/mol. The van der Waals surface area contributed by atoms with Gasteiger partial charge in [-0.1, -0.05) is 13.2 Å². The van der Waals surface area contributed by atoms with Crippen molar-refractivity contribution >= 4 is 23.8 Å². The molecule has 134 valence electrons. The van der Waals surface area contributed by atoms with Gasteiger partial charge in [0.15, 0.2) is 0 Å². The fourth-order valence-electron chi connectivity index (χ4n) is 1.38. The molecule has 0 rings (SSSR count). The Labute approximate surface area is 139 Å². The van der Waals surface area contributed by atoms with E-state index in [9.17, 15) is 19.2 Å². The standard InChI is InChI=1S/C14H22N4O6/c1-3-11(19)17(9-7-15)23-13(21)5-6-14(22)24-18(10-8-16)12(20)4-2/h3-4H,1-2,5-10,15-16H2. The van der Waals surface area contributed by atoms with Gasteiger partial charge < -0.3 is 21.1 Å². The maximum absolute atomic E-state index is 11.6. The molecule has 0 spiro atoms. The fourth-order valence-corrected chi connectivity index (χ4v) is 1.38. The van der Waals surface area contributed by atoms with Crippen LogP contribution in [-0.4, -0.2) is 60.1 Å². The minimum absolute atomic E-state index is 0.0147. The van der Waals surface area contributed by atoms with Crippen LogP contribution in [0.3, 0.4) is 0 Å². The van der Waals surface area contributed by atoms with E-state index in [-0.39, 0.29) is 39.0 Å². The van der Waals surface area contributed by atoms with Gasteiger partial charge in [-0.05, 0) is 12.2 Å². The van der Waals surface area contributed by atoms with Crippen molar-refractivity contribution in [3.63, 3.8) is 0 Å². The summed E-state index contributed by atoms with van der Waals surface area (Å²) in [6.45, 7) is 6.66. The van der Waals surface area contributed by atoms with Gasteiger partial charge in [0.05, 0.1) is 25.9 Å². The molecule has 0 bridgehead atoms. The smallest absolute Gasteiger partial charge is 0.333 e. The Morgan fingerprint density at radius 3 is 1.38 bits per heavy atom. The Hall–Kier alpha value is -2.72. The van der Waals surface area contributed by atoms with E-state index in [2.05, 4.69) is 13.2 Å². The fraction of sp³-hybridized carbons (Fsp3) is 0.429. The Balaban J connectivity index is 4.44. The average Bonchev–Trinajstić information content (AvgIpc) is 2.57. The van der Waals surface area contributed by atoms with Crippen LogP contribution in [0.5, 0.6) is 0 Å². The number of nitrogens with two attached hydrogens (primary N) is 2. The first-order valence-electron chi connectivity index (χ1n) is 7.09. The highest BCUT2D eigenvalue weighted by Crippen LogP contribution is 2.02. The molecular weight excluding hydrogens is 320 g/mol. The zero-order valence-electron chi connectivity index (χ0n) is 13.3. The van der Waals surface area contributed by atoms with E-state index in [1.165, 1.54) is 0 Å². The van der Waals surface area contributed by atoms with Crippen LogP contribution < -0.4 is 11.5 Å². The normalized spacial score (nSPS) is 9.58. The number of rotatable bonds is 9. The maximum Gasteiger partial charge on any atom is 0.333 e. The molecule has 0 aliphatic carbocycles. The van der Waals surface area contributed by atoms with Gasteiger partial charge >= 0.3 is 11.9 Å². The van der Waals surface area contributed by atoms with Crippen molar-refractivity contribution in [2.45, 2.75) is 12.8 Å². The van der Waals surface area contributed by atoms with Gasteiger partial charge in [-0.2, -0.15) is 10.1 Å². The maximum atomic E-state index is 11.6. The summed E-state index contributed by atoms with van der Waals surface area (Å²) in [6, 6.07) is 0. The largest absolute Gasteiger partial charge is 0.338 e. The highest BCUT2D eigenvalue weighted by Gasteiger charge is 2.19. The average molecular weight is 342 g/mol. The van der Waals surface area contributed by atoms with Gasteiger partial charge in [0, 0.05) is 13.1 Å². The number of carbonyl (C=O) groups excluding carboxylic acids is 4. The van der Waals surface area contributed by atoms with Crippen LogP contribution in [0.4, 0.5) is 0 Å². The van der Waals surface area contributed by atoms with Crippen LogP contribution in [0.25, 0.3) is 0 Å². The zero-order chi connectivity index (χ0) is 18.5. The van der Waals surface area contributed by atoms with Crippen molar-refractivity contribution in [1.29, 1.82) is 0 Å². The molecule has 0 aromatic heterocycles. The summed E-state index contributed by atoms with van der Waals surface area (Å²) < 4.78 is 0. The predicted octanol–water partition coefficient (Wildman–Crippen LogP) is -1.37. The number of amides is 2. The lowest BCUT2D eigenvalue weighted by atomic mass is 10.3. The Morgan fingerprint density at radius 1 is 0.792 bits per heavy atom. The topological polar surface area (TPSA) is 145 Å². The molecule has 0 heterocycles. The quantitative estimate of drug-likeness (QED) is 0.385. The minimum atomic E-state index is -0.837. The number of hydroxylamine groups is 4. The second kappa shape index (κ2) is 11.8. The van der Waals surface area contributed by atoms with Crippen LogP contribution in [0.15, 0.2) is 25.3 Å². The lowest BCUT2D eigenvalue weighted by Crippen LogP contribution is -2.37. The Bertz CT molecular complexity index is 450. The predicted molar refractivity (Wildman–Crippen MR) is 83.3 cm³/mol. The lowest BCUT2D eigenvalue weighted by Gasteiger charge is -2.20. The van der Waals surface area contributed by atoms with E-state index in [1.54, 1.807) is 0 Å². The summed E-state index contributed by atoms with van der Waals surface area (Å²) in [7, 11) is 0. The van der Waals surface area contributed by atoms with Crippen LogP contribution in [0.1, 0.15) is 12.8 Å². The van der Waals surface area contributed by atoms with Gasteiger partial charge in [-0.15, -0.1) is 0 Å². The first kappa shape index (κ1) is 21.3. The molecule has 0 aromatic carbocycles. The van der Waals surface area contributed by atoms with Crippen molar-refractivity contribution < 1.29 is 28.9 Å². The summed E-state index contributed by atoms with van der Waals surface area (Å²) in [5.41, 5.74) is 10.6. The van der Waals surface area contributed by atoms with E-state index >= 15 is 0 Å². The second-order valence-corrected chi connectivity index (χ2v) is 4.29. The van der Waals surface area contributed by atoms with Gasteiger partial charge in [0.2, 0.25) is 0 Å². The van der Waals surface area contributed by atoms with Gasteiger partial charge in [-0.25, -0.2) is 9.59 Å². The SMILES string of the molecule is C=CC(=O)N(CCN)OC(=O)CCC(=O)ON(CCN)C(=O)C=C. The van der Waals surface area contributed by atoms with E-state index in [1.807, 2.05) is 0 Å². The number of hydrogen-bond acceptors (Lipinski definition) is 8. The molecule has 0 radical (unpaired) electrons.